The summed E-state index contributed by atoms with van der Waals surface area (Å²) in [7, 11) is 5.60. The van der Waals surface area contributed by atoms with Crippen molar-refractivity contribution in [3.05, 3.63) is 23.8 Å². The van der Waals surface area contributed by atoms with Crippen molar-refractivity contribution in [1.29, 1.82) is 0 Å². The molecule has 2 atom stereocenters. The minimum atomic E-state index is -0.632. The van der Waals surface area contributed by atoms with Crippen LogP contribution in [0.3, 0.4) is 0 Å². The van der Waals surface area contributed by atoms with Crippen molar-refractivity contribution in [3.8, 4) is 0 Å². The van der Waals surface area contributed by atoms with Gasteiger partial charge in [-0.05, 0) is 41.6 Å². The molecule has 0 saturated carbocycles. The Balaban J connectivity index is 3.19. The second-order valence-electron chi connectivity index (χ2n) is 6.75. The van der Waals surface area contributed by atoms with Crippen LogP contribution >= 0.6 is 33.6 Å². The Morgan fingerprint density at radius 2 is 1.79 bits per heavy atom. The first-order chi connectivity index (χ1) is 10.9. The van der Waals surface area contributed by atoms with Crippen LogP contribution in [0.25, 0.3) is 0 Å². The Kier molecular flexibility index (Phi) is 7.93. The largest absolute Gasteiger partial charge is 0.297 e. The molecule has 2 unspecified atom stereocenters. The van der Waals surface area contributed by atoms with Crippen molar-refractivity contribution in [2.45, 2.75) is 43.5 Å². The Bertz CT molecular complexity index is 612. The molecule has 0 bridgehead atoms. The highest BCUT2D eigenvalue weighted by atomic mass is 32.2. The normalized spacial score (nSPS) is 14.2. The van der Waals surface area contributed by atoms with E-state index < -0.39 is 16.5 Å². The van der Waals surface area contributed by atoms with Gasteiger partial charge in [0, 0.05) is 16.7 Å². The van der Waals surface area contributed by atoms with Gasteiger partial charge >= 0.3 is 0 Å². The fourth-order valence-electron chi connectivity index (χ4n) is 2.45. The summed E-state index contributed by atoms with van der Waals surface area (Å²) in [5.41, 5.74) is 1.48. The zero-order valence-corrected chi connectivity index (χ0v) is 18.1. The van der Waals surface area contributed by atoms with Crippen molar-refractivity contribution in [1.82, 2.24) is 5.32 Å². The van der Waals surface area contributed by atoms with Gasteiger partial charge in [0.05, 0.1) is 4.87 Å². The lowest BCUT2D eigenvalue weighted by Gasteiger charge is -2.36. The SMILES string of the molecule is Bc1c(F)c(B)c(P)c(SCC(S)(NC(C)C)C(=C)C(C)C)c1F. The van der Waals surface area contributed by atoms with Crippen LogP contribution in [0, 0.1) is 17.6 Å². The Morgan fingerprint density at radius 1 is 1.25 bits per heavy atom. The Morgan fingerprint density at radius 3 is 2.25 bits per heavy atom. The van der Waals surface area contributed by atoms with E-state index in [-0.39, 0.29) is 17.4 Å². The van der Waals surface area contributed by atoms with Gasteiger partial charge in [-0.2, -0.15) is 12.6 Å². The third-order valence-corrected chi connectivity index (χ3v) is 7.00. The molecule has 1 nitrogen and oxygen atoms in total. The molecule has 0 aliphatic carbocycles. The third kappa shape index (κ3) is 4.81. The molecular weight excluding hydrogens is 361 g/mol. The summed E-state index contributed by atoms with van der Waals surface area (Å²) in [5.74, 6) is -0.241. The summed E-state index contributed by atoms with van der Waals surface area (Å²) in [6.45, 7) is 12.4. The van der Waals surface area contributed by atoms with Crippen molar-refractivity contribution in [2.75, 3.05) is 5.75 Å². The first-order valence-corrected chi connectivity index (χ1v) is 9.99. The smallest absolute Gasteiger partial charge is 0.147 e. The highest BCUT2D eigenvalue weighted by molar-refractivity contribution is 8.00. The predicted octanol–water partition coefficient (Wildman–Crippen LogP) is 0.910. The number of hydrogen-bond donors (Lipinski definition) is 2. The fraction of sp³-hybridized carbons (Fsp3) is 0.500. The summed E-state index contributed by atoms with van der Waals surface area (Å²) in [6, 6.07) is 0.204. The average Bonchev–Trinajstić information content (AvgIpc) is 2.49. The topological polar surface area (TPSA) is 12.0 Å². The van der Waals surface area contributed by atoms with Gasteiger partial charge in [-0.1, -0.05) is 20.4 Å². The van der Waals surface area contributed by atoms with Gasteiger partial charge < -0.3 is 0 Å². The van der Waals surface area contributed by atoms with Gasteiger partial charge in [-0.15, -0.1) is 21.0 Å². The third-order valence-electron chi connectivity index (χ3n) is 4.02. The predicted molar refractivity (Wildman–Crippen MR) is 117 cm³/mol. The molecule has 8 heteroatoms. The molecule has 1 N–H and O–H groups in total. The number of thioether (sulfide) groups is 1. The van der Waals surface area contributed by atoms with Gasteiger partial charge in [0.2, 0.25) is 0 Å². The van der Waals surface area contributed by atoms with E-state index in [1.165, 1.54) is 19.6 Å². The van der Waals surface area contributed by atoms with Gasteiger partial charge in [-0.25, -0.2) is 8.78 Å². The molecule has 0 amide bonds. The summed E-state index contributed by atoms with van der Waals surface area (Å²) < 4.78 is 28.6. The van der Waals surface area contributed by atoms with Crippen molar-refractivity contribution < 1.29 is 8.78 Å². The number of halogens is 2. The van der Waals surface area contributed by atoms with E-state index in [1.807, 2.05) is 13.8 Å². The molecule has 0 aliphatic heterocycles. The zero-order valence-electron chi connectivity index (χ0n) is 15.3. The van der Waals surface area contributed by atoms with Crippen molar-refractivity contribution >= 4 is 65.6 Å². The number of hydrogen-bond acceptors (Lipinski definition) is 3. The molecule has 0 spiro atoms. The molecule has 1 rings (SSSR count). The van der Waals surface area contributed by atoms with E-state index in [4.69, 9.17) is 12.6 Å². The zero-order chi connectivity index (χ0) is 18.8. The summed E-state index contributed by atoms with van der Waals surface area (Å²) in [4.78, 5) is -0.177. The maximum absolute atomic E-state index is 14.6. The minimum absolute atomic E-state index is 0.0606. The first kappa shape index (κ1) is 22.1. The molecule has 0 heterocycles. The quantitative estimate of drug-likeness (QED) is 0.180. The molecule has 0 aromatic heterocycles. The van der Waals surface area contributed by atoms with E-state index in [0.29, 0.717) is 21.4 Å². The summed E-state index contributed by atoms with van der Waals surface area (Å²) >= 11 is 6.17. The highest BCUT2D eigenvalue weighted by Crippen LogP contribution is 2.34. The van der Waals surface area contributed by atoms with Crippen LogP contribution < -0.4 is 21.5 Å². The van der Waals surface area contributed by atoms with Crippen LogP contribution in [-0.4, -0.2) is 32.4 Å². The van der Waals surface area contributed by atoms with Gasteiger partial charge in [0.15, 0.2) is 0 Å². The number of nitrogens with one attached hydrogen (secondary N) is 1. The molecular formula is C16H26B2F2NPS2. The Hall–Kier alpha value is 0.0399. The van der Waals surface area contributed by atoms with Gasteiger partial charge in [0.1, 0.15) is 27.3 Å². The van der Waals surface area contributed by atoms with Crippen LogP contribution in [0.1, 0.15) is 27.7 Å². The molecule has 1 aromatic carbocycles. The van der Waals surface area contributed by atoms with Crippen LogP contribution in [0.5, 0.6) is 0 Å². The maximum Gasteiger partial charge on any atom is 0.147 e. The maximum atomic E-state index is 14.6. The van der Waals surface area contributed by atoms with E-state index in [1.54, 1.807) is 7.85 Å². The van der Waals surface area contributed by atoms with Gasteiger partial charge in [-0.3, -0.25) is 5.32 Å². The molecule has 0 fully saturated rings. The van der Waals surface area contributed by atoms with Gasteiger partial charge in [0.25, 0.3) is 0 Å². The van der Waals surface area contributed by atoms with Crippen molar-refractivity contribution in [3.63, 3.8) is 0 Å². The monoisotopic (exact) mass is 387 g/mol. The molecule has 24 heavy (non-hydrogen) atoms. The minimum Gasteiger partial charge on any atom is -0.297 e. The highest BCUT2D eigenvalue weighted by Gasteiger charge is 2.32. The van der Waals surface area contributed by atoms with E-state index in [0.717, 1.165) is 5.57 Å². The molecule has 132 valence electrons. The lowest BCUT2D eigenvalue weighted by molar-refractivity contribution is 0.477. The lowest BCUT2D eigenvalue weighted by atomic mass is 9.86. The van der Waals surface area contributed by atoms with Crippen LogP contribution in [0.4, 0.5) is 8.78 Å². The number of rotatable bonds is 7. The van der Waals surface area contributed by atoms with Crippen molar-refractivity contribution in [2.24, 2.45) is 5.92 Å². The fourth-order valence-corrected chi connectivity index (χ4v) is 4.88. The van der Waals surface area contributed by atoms with E-state index in [9.17, 15) is 8.78 Å². The second kappa shape index (κ2) is 8.62. The number of benzene rings is 1. The van der Waals surface area contributed by atoms with E-state index in [2.05, 4.69) is 35.0 Å². The Labute approximate surface area is 158 Å². The average molecular weight is 387 g/mol. The van der Waals surface area contributed by atoms with Crippen LogP contribution in [0.15, 0.2) is 17.0 Å². The number of thiol groups is 1. The molecule has 0 saturated heterocycles. The first-order valence-electron chi connectivity index (χ1n) is 7.98. The van der Waals surface area contributed by atoms with Crippen LogP contribution in [0.2, 0.25) is 0 Å². The summed E-state index contributed by atoms with van der Waals surface area (Å²) in [5, 5.41) is 3.99. The molecule has 0 radical (unpaired) electrons. The van der Waals surface area contributed by atoms with E-state index >= 15 is 0 Å². The summed E-state index contributed by atoms with van der Waals surface area (Å²) in [6.07, 6.45) is 0. The standard InChI is InChI=1S/C16H26B2F2NPS2/c1-7(2)9(5)16(23,21-8(3)4)6-24-15-13(20)10(17)12(19)11(18)14(15)22/h7-8,21,23H,5-6,17-18,22H2,1-4H3. The lowest BCUT2D eigenvalue weighted by Crippen LogP contribution is -2.48. The molecule has 1 aromatic rings. The molecule has 0 aliphatic rings. The second-order valence-corrected chi connectivity index (χ2v) is 9.08. The van der Waals surface area contributed by atoms with Crippen LogP contribution in [-0.2, 0) is 0 Å².